The van der Waals surface area contributed by atoms with Crippen LogP contribution in [0.2, 0.25) is 0 Å². The number of ether oxygens (including phenoxy) is 2. The van der Waals surface area contributed by atoms with Gasteiger partial charge in [-0.2, -0.15) is 0 Å². The maximum atomic E-state index is 12.7. The maximum Gasteiger partial charge on any atom is 0.319 e. The minimum atomic E-state index is -0.209. The summed E-state index contributed by atoms with van der Waals surface area (Å²) in [6, 6.07) is 24.2. The molecule has 1 fully saturated rings. The first-order valence-electron chi connectivity index (χ1n) is 11.7. The average molecular weight is 459 g/mol. The maximum absolute atomic E-state index is 12.7. The standard InChI is InChI=1S/C27H30N4O3/c1-20-6-5-7-22(16-20)29-27(32)28-18-24(21-10-11-25-26(17-21)34-19-33-25)31-14-12-30(13-15-31)23-8-3-2-4-9-23/h2-11,16-17,24H,12-15,18-19H2,1H3,(H2,28,29,32)/t24-/m1/s1. The Morgan fingerprint density at radius 3 is 2.50 bits per heavy atom. The number of urea groups is 1. The number of nitrogens with zero attached hydrogens (tertiary/aromatic N) is 2. The lowest BCUT2D eigenvalue weighted by Gasteiger charge is -2.40. The molecule has 0 bridgehead atoms. The molecule has 176 valence electrons. The lowest BCUT2D eigenvalue weighted by molar-refractivity contribution is 0.173. The SMILES string of the molecule is Cc1cccc(NC(=O)NC[C@H](c2ccc3c(c2)OCO3)N2CCN(c3ccccc3)CC2)c1. The Morgan fingerprint density at radius 1 is 0.912 bits per heavy atom. The van der Waals surface area contributed by atoms with Crippen molar-refractivity contribution in [3.8, 4) is 11.5 Å². The van der Waals surface area contributed by atoms with Crippen LogP contribution in [0.1, 0.15) is 17.2 Å². The Bertz CT molecular complexity index is 1130. The van der Waals surface area contributed by atoms with E-state index in [0.717, 1.165) is 54.5 Å². The molecule has 2 amide bonds. The summed E-state index contributed by atoms with van der Waals surface area (Å²) in [6.45, 7) is 6.40. The predicted octanol–water partition coefficient (Wildman–Crippen LogP) is 4.41. The van der Waals surface area contributed by atoms with Crippen LogP contribution in [-0.2, 0) is 0 Å². The highest BCUT2D eigenvalue weighted by Crippen LogP contribution is 2.35. The second kappa shape index (κ2) is 10.1. The van der Waals surface area contributed by atoms with Crippen molar-refractivity contribution >= 4 is 17.4 Å². The van der Waals surface area contributed by atoms with Crippen LogP contribution < -0.4 is 25.0 Å². The highest BCUT2D eigenvalue weighted by molar-refractivity contribution is 5.89. The number of hydrogen-bond donors (Lipinski definition) is 2. The fourth-order valence-electron chi connectivity index (χ4n) is 4.60. The molecule has 1 atom stereocenters. The van der Waals surface area contributed by atoms with E-state index in [-0.39, 0.29) is 18.9 Å². The molecule has 2 aliphatic rings. The van der Waals surface area contributed by atoms with Crippen LogP contribution in [-0.4, -0.2) is 50.4 Å². The van der Waals surface area contributed by atoms with Crippen LogP contribution in [0.25, 0.3) is 0 Å². The van der Waals surface area contributed by atoms with Crippen molar-refractivity contribution in [2.24, 2.45) is 0 Å². The van der Waals surface area contributed by atoms with Gasteiger partial charge in [-0.15, -0.1) is 0 Å². The van der Waals surface area contributed by atoms with Crippen molar-refractivity contribution in [2.45, 2.75) is 13.0 Å². The first kappa shape index (κ1) is 22.1. The smallest absolute Gasteiger partial charge is 0.319 e. The van der Waals surface area contributed by atoms with Crippen molar-refractivity contribution in [1.82, 2.24) is 10.2 Å². The molecular formula is C27H30N4O3. The molecule has 1 saturated heterocycles. The summed E-state index contributed by atoms with van der Waals surface area (Å²) in [5, 5.41) is 6.02. The number of aryl methyl sites for hydroxylation is 1. The lowest BCUT2D eigenvalue weighted by Crippen LogP contribution is -2.50. The number of carbonyl (C=O) groups excluding carboxylic acids is 1. The van der Waals surface area contributed by atoms with E-state index in [1.807, 2.05) is 49.4 Å². The van der Waals surface area contributed by atoms with Gasteiger partial charge in [-0.05, 0) is 54.4 Å². The average Bonchev–Trinajstić information content (AvgIpc) is 3.33. The molecule has 2 aliphatic heterocycles. The van der Waals surface area contributed by atoms with Crippen LogP contribution in [0.3, 0.4) is 0 Å². The molecule has 34 heavy (non-hydrogen) atoms. The molecule has 0 aliphatic carbocycles. The van der Waals surface area contributed by atoms with E-state index in [2.05, 4.69) is 50.8 Å². The zero-order chi connectivity index (χ0) is 23.3. The largest absolute Gasteiger partial charge is 0.454 e. The highest BCUT2D eigenvalue weighted by Gasteiger charge is 2.27. The molecule has 0 spiro atoms. The van der Waals surface area contributed by atoms with Crippen LogP contribution in [0.5, 0.6) is 11.5 Å². The molecule has 3 aromatic carbocycles. The Morgan fingerprint density at radius 2 is 1.71 bits per heavy atom. The molecule has 0 unspecified atom stereocenters. The number of piperazine rings is 1. The zero-order valence-electron chi connectivity index (χ0n) is 19.4. The number of anilines is 2. The number of carbonyl (C=O) groups is 1. The summed E-state index contributed by atoms with van der Waals surface area (Å²) >= 11 is 0. The van der Waals surface area contributed by atoms with Gasteiger partial charge in [-0.1, -0.05) is 36.4 Å². The minimum absolute atomic E-state index is 0.0238. The summed E-state index contributed by atoms with van der Waals surface area (Å²) in [4.78, 5) is 17.5. The third-order valence-electron chi connectivity index (χ3n) is 6.39. The van der Waals surface area contributed by atoms with Crippen LogP contribution in [0, 0.1) is 6.92 Å². The van der Waals surface area contributed by atoms with Gasteiger partial charge in [0.15, 0.2) is 11.5 Å². The predicted molar refractivity (Wildman–Crippen MR) is 134 cm³/mol. The quantitative estimate of drug-likeness (QED) is 0.573. The first-order valence-corrected chi connectivity index (χ1v) is 11.7. The Balaban J connectivity index is 1.28. The van der Waals surface area contributed by atoms with E-state index in [9.17, 15) is 4.79 Å². The van der Waals surface area contributed by atoms with Crippen molar-refractivity contribution < 1.29 is 14.3 Å². The second-order valence-electron chi connectivity index (χ2n) is 8.69. The number of amides is 2. The van der Waals surface area contributed by atoms with Gasteiger partial charge in [0.1, 0.15) is 0 Å². The number of benzene rings is 3. The first-order chi connectivity index (χ1) is 16.7. The van der Waals surface area contributed by atoms with E-state index in [1.54, 1.807) is 0 Å². The van der Waals surface area contributed by atoms with Gasteiger partial charge in [-0.3, -0.25) is 4.90 Å². The van der Waals surface area contributed by atoms with E-state index in [0.29, 0.717) is 6.54 Å². The fraction of sp³-hybridized carbons (Fsp3) is 0.296. The van der Waals surface area contributed by atoms with Gasteiger partial charge in [0.2, 0.25) is 6.79 Å². The Labute approximate surface area is 200 Å². The summed E-state index contributed by atoms with van der Waals surface area (Å²) < 4.78 is 11.1. The normalized spacial score (nSPS) is 16.2. The summed E-state index contributed by atoms with van der Waals surface area (Å²) in [6.07, 6.45) is 0. The monoisotopic (exact) mass is 458 g/mol. The Hall–Kier alpha value is -3.71. The van der Waals surface area contributed by atoms with Crippen LogP contribution in [0.4, 0.5) is 16.2 Å². The third kappa shape index (κ3) is 5.10. The molecule has 2 N–H and O–H groups in total. The topological polar surface area (TPSA) is 66.1 Å². The van der Waals surface area contributed by atoms with Gasteiger partial charge in [-0.25, -0.2) is 4.79 Å². The molecule has 3 aromatic rings. The van der Waals surface area contributed by atoms with Crippen LogP contribution in [0.15, 0.2) is 72.8 Å². The van der Waals surface area contributed by atoms with Gasteiger partial charge < -0.3 is 25.0 Å². The highest BCUT2D eigenvalue weighted by atomic mass is 16.7. The fourth-order valence-corrected chi connectivity index (χ4v) is 4.60. The summed E-state index contributed by atoms with van der Waals surface area (Å²) in [5.41, 5.74) is 4.24. The zero-order valence-corrected chi connectivity index (χ0v) is 19.4. The second-order valence-corrected chi connectivity index (χ2v) is 8.69. The molecule has 0 aromatic heterocycles. The van der Waals surface area contributed by atoms with Crippen molar-refractivity contribution in [3.63, 3.8) is 0 Å². The number of hydrogen-bond acceptors (Lipinski definition) is 5. The van der Waals surface area contributed by atoms with Crippen molar-refractivity contribution in [3.05, 3.63) is 83.9 Å². The third-order valence-corrected chi connectivity index (χ3v) is 6.39. The molecule has 2 heterocycles. The van der Waals surface area contributed by atoms with Gasteiger partial charge in [0, 0.05) is 44.1 Å². The van der Waals surface area contributed by atoms with Gasteiger partial charge in [0.05, 0.1) is 6.04 Å². The number of rotatable bonds is 6. The minimum Gasteiger partial charge on any atom is -0.454 e. The summed E-state index contributed by atoms with van der Waals surface area (Å²) in [7, 11) is 0. The molecule has 7 nitrogen and oxygen atoms in total. The molecular weight excluding hydrogens is 428 g/mol. The van der Waals surface area contributed by atoms with E-state index < -0.39 is 0 Å². The van der Waals surface area contributed by atoms with E-state index >= 15 is 0 Å². The van der Waals surface area contributed by atoms with E-state index in [1.165, 1.54) is 5.69 Å². The number of fused-ring (bicyclic) bond motifs is 1. The molecule has 7 heteroatoms. The van der Waals surface area contributed by atoms with Crippen LogP contribution >= 0.6 is 0 Å². The van der Waals surface area contributed by atoms with Gasteiger partial charge in [0.25, 0.3) is 0 Å². The Kier molecular flexibility index (Phi) is 6.53. The molecule has 5 rings (SSSR count). The summed E-state index contributed by atoms with van der Waals surface area (Å²) in [5.74, 6) is 1.52. The number of para-hydroxylation sites is 1. The van der Waals surface area contributed by atoms with Crippen molar-refractivity contribution in [1.29, 1.82) is 0 Å². The van der Waals surface area contributed by atoms with Crippen molar-refractivity contribution in [2.75, 3.05) is 49.7 Å². The number of nitrogens with one attached hydrogen (secondary N) is 2. The molecule has 0 radical (unpaired) electrons. The lowest BCUT2D eigenvalue weighted by atomic mass is 10.0. The van der Waals surface area contributed by atoms with E-state index in [4.69, 9.17) is 9.47 Å². The molecule has 0 saturated carbocycles. The van der Waals surface area contributed by atoms with Gasteiger partial charge >= 0.3 is 6.03 Å².